The van der Waals surface area contributed by atoms with E-state index in [-0.39, 0.29) is 11.8 Å². The van der Waals surface area contributed by atoms with Crippen molar-refractivity contribution in [1.29, 1.82) is 0 Å². The minimum atomic E-state index is -3.27. The summed E-state index contributed by atoms with van der Waals surface area (Å²) in [5, 5.41) is 10.2. The van der Waals surface area contributed by atoms with Crippen LogP contribution < -0.4 is 4.31 Å². The molecule has 0 bridgehead atoms. The summed E-state index contributed by atoms with van der Waals surface area (Å²) < 4.78 is 31.1. The molecule has 2 rings (SSSR count). The quantitative estimate of drug-likeness (QED) is 0.738. The zero-order chi connectivity index (χ0) is 16.9. The van der Waals surface area contributed by atoms with Gasteiger partial charge in [-0.15, -0.1) is 0 Å². The van der Waals surface area contributed by atoms with Crippen LogP contribution >= 0.6 is 0 Å². The first-order valence-corrected chi connectivity index (χ1v) is 9.89. The molecule has 130 valence electrons. The van der Waals surface area contributed by atoms with Gasteiger partial charge in [-0.2, -0.15) is 0 Å². The summed E-state index contributed by atoms with van der Waals surface area (Å²) in [6, 6.07) is 7.06. The molecule has 0 saturated carbocycles. The Labute approximate surface area is 139 Å². The summed E-state index contributed by atoms with van der Waals surface area (Å²) in [6.07, 6.45) is 4.06. The van der Waals surface area contributed by atoms with E-state index in [4.69, 9.17) is 4.74 Å². The van der Waals surface area contributed by atoms with Gasteiger partial charge in [0.2, 0.25) is 10.0 Å². The summed E-state index contributed by atoms with van der Waals surface area (Å²) in [4.78, 5) is 0. The molecule has 0 spiro atoms. The molecule has 2 unspecified atom stereocenters. The molecule has 1 aromatic rings. The predicted molar refractivity (Wildman–Crippen MR) is 92.1 cm³/mol. The monoisotopic (exact) mass is 341 g/mol. The summed E-state index contributed by atoms with van der Waals surface area (Å²) in [7, 11) is -1.69. The van der Waals surface area contributed by atoms with Gasteiger partial charge >= 0.3 is 0 Å². The van der Waals surface area contributed by atoms with Crippen LogP contribution in [0.15, 0.2) is 24.3 Å². The lowest BCUT2D eigenvalue weighted by Crippen LogP contribution is -2.36. The highest BCUT2D eigenvalue weighted by Gasteiger charge is 2.37. The fourth-order valence-corrected chi connectivity index (χ4v) is 4.87. The lowest BCUT2D eigenvalue weighted by Gasteiger charge is -2.25. The average Bonchev–Trinajstić information content (AvgIpc) is 2.83. The Balaban J connectivity index is 2.11. The van der Waals surface area contributed by atoms with Crippen molar-refractivity contribution in [2.75, 3.05) is 23.8 Å². The van der Waals surface area contributed by atoms with Gasteiger partial charge in [-0.25, -0.2) is 8.42 Å². The highest BCUT2D eigenvalue weighted by Crippen LogP contribution is 2.30. The first-order valence-electron chi connectivity index (χ1n) is 8.28. The van der Waals surface area contributed by atoms with Gasteiger partial charge < -0.3 is 9.84 Å². The minimum Gasteiger partial charge on any atom is -0.388 e. The highest BCUT2D eigenvalue weighted by atomic mass is 32.2. The molecule has 6 heteroatoms. The lowest BCUT2D eigenvalue weighted by molar-refractivity contribution is 0.163. The molecule has 1 aromatic carbocycles. The van der Waals surface area contributed by atoms with E-state index >= 15 is 0 Å². The Morgan fingerprint density at radius 3 is 2.61 bits per heavy atom. The Hall–Kier alpha value is -1.11. The third-order valence-corrected chi connectivity index (χ3v) is 6.17. The van der Waals surface area contributed by atoms with E-state index in [1.54, 1.807) is 19.2 Å². The maximum atomic E-state index is 12.3. The number of aliphatic hydroxyl groups is 1. The Kier molecular flexibility index (Phi) is 6.44. The predicted octanol–water partition coefficient (Wildman–Crippen LogP) is 2.86. The number of unbranched alkanes of at least 4 members (excludes halogenated alkanes) is 2. The van der Waals surface area contributed by atoms with E-state index in [2.05, 4.69) is 6.92 Å². The molecule has 23 heavy (non-hydrogen) atoms. The van der Waals surface area contributed by atoms with Gasteiger partial charge in [-0.3, -0.25) is 4.31 Å². The summed E-state index contributed by atoms with van der Waals surface area (Å²) in [5.41, 5.74) is 1.48. The number of sulfonamides is 1. The molecule has 0 amide bonds. The average molecular weight is 341 g/mol. The van der Waals surface area contributed by atoms with Gasteiger partial charge in [0.1, 0.15) is 0 Å². The van der Waals surface area contributed by atoms with Crippen molar-refractivity contribution in [2.24, 2.45) is 0 Å². The number of hydrogen-bond donors (Lipinski definition) is 1. The number of hydrogen-bond acceptors (Lipinski definition) is 4. The van der Waals surface area contributed by atoms with Crippen molar-refractivity contribution in [1.82, 2.24) is 0 Å². The number of aliphatic hydroxyl groups excluding tert-OH is 1. The molecular weight excluding hydrogens is 314 g/mol. The van der Waals surface area contributed by atoms with E-state index in [1.165, 1.54) is 4.31 Å². The zero-order valence-electron chi connectivity index (χ0n) is 13.9. The van der Waals surface area contributed by atoms with Crippen LogP contribution in [0.3, 0.4) is 0 Å². The summed E-state index contributed by atoms with van der Waals surface area (Å²) in [5.74, 6) is 0.155. The van der Waals surface area contributed by atoms with Gasteiger partial charge in [0.05, 0.1) is 30.2 Å². The maximum absolute atomic E-state index is 12.3. The Morgan fingerprint density at radius 1 is 1.30 bits per heavy atom. The molecule has 5 nitrogen and oxygen atoms in total. The fourth-order valence-electron chi connectivity index (χ4n) is 3.04. The molecule has 0 radical (unpaired) electrons. The van der Waals surface area contributed by atoms with Crippen molar-refractivity contribution >= 4 is 15.7 Å². The smallest absolute Gasteiger partial charge is 0.235 e. The van der Waals surface area contributed by atoms with Crippen molar-refractivity contribution in [3.8, 4) is 0 Å². The van der Waals surface area contributed by atoms with Crippen molar-refractivity contribution in [2.45, 2.75) is 51.2 Å². The maximum Gasteiger partial charge on any atom is 0.235 e. The number of rotatable bonds is 8. The zero-order valence-corrected chi connectivity index (χ0v) is 14.8. The highest BCUT2D eigenvalue weighted by molar-refractivity contribution is 7.93. The van der Waals surface area contributed by atoms with Crippen LogP contribution in [0.25, 0.3) is 0 Å². The van der Waals surface area contributed by atoms with Crippen LogP contribution in [0.1, 0.15) is 50.7 Å². The molecule has 1 aliphatic rings. The Bertz CT molecular complexity index is 585. The molecule has 2 atom stereocenters. The van der Waals surface area contributed by atoms with Crippen molar-refractivity contribution in [3.63, 3.8) is 0 Å². The van der Waals surface area contributed by atoms with E-state index in [0.717, 1.165) is 31.2 Å². The Morgan fingerprint density at radius 2 is 2.00 bits per heavy atom. The number of ether oxygens (including phenoxy) is 1. The number of methoxy groups -OCH3 is 1. The fraction of sp³-hybridized carbons (Fsp3) is 0.647. The second-order valence-electron chi connectivity index (χ2n) is 6.11. The molecular formula is C17H27NO4S. The third kappa shape index (κ3) is 4.46. The largest absolute Gasteiger partial charge is 0.388 e. The van der Waals surface area contributed by atoms with Gasteiger partial charge in [-0.1, -0.05) is 38.3 Å². The normalized spacial score (nSPS) is 21.5. The second-order valence-corrected chi connectivity index (χ2v) is 8.08. The first-order chi connectivity index (χ1) is 11.0. The summed E-state index contributed by atoms with van der Waals surface area (Å²) in [6.45, 7) is 2.52. The minimum absolute atomic E-state index is 0.148. The van der Waals surface area contributed by atoms with E-state index in [0.29, 0.717) is 18.7 Å². The van der Waals surface area contributed by atoms with Crippen molar-refractivity contribution < 1.29 is 18.3 Å². The third-order valence-electron chi connectivity index (χ3n) is 4.31. The molecule has 0 aliphatic carbocycles. The number of benzene rings is 1. The van der Waals surface area contributed by atoms with Gasteiger partial charge in [-0.05, 0) is 30.5 Å². The van der Waals surface area contributed by atoms with Gasteiger partial charge in [0.25, 0.3) is 0 Å². The molecule has 1 saturated heterocycles. The van der Waals surface area contributed by atoms with Crippen LogP contribution in [0.2, 0.25) is 0 Å². The summed E-state index contributed by atoms with van der Waals surface area (Å²) >= 11 is 0. The topological polar surface area (TPSA) is 66.8 Å². The molecule has 1 fully saturated rings. The van der Waals surface area contributed by atoms with Crippen LogP contribution in [-0.2, 0) is 14.8 Å². The van der Waals surface area contributed by atoms with Gasteiger partial charge in [0.15, 0.2) is 0 Å². The molecule has 1 heterocycles. The van der Waals surface area contributed by atoms with Crippen LogP contribution in [0, 0.1) is 0 Å². The van der Waals surface area contributed by atoms with Crippen molar-refractivity contribution in [3.05, 3.63) is 29.8 Å². The number of nitrogens with zero attached hydrogens (tertiary/aromatic N) is 1. The van der Waals surface area contributed by atoms with Gasteiger partial charge in [0, 0.05) is 7.11 Å². The van der Waals surface area contributed by atoms with Crippen LogP contribution in [0.5, 0.6) is 0 Å². The van der Waals surface area contributed by atoms with Crippen LogP contribution in [-0.4, -0.2) is 39.0 Å². The number of anilines is 1. The standard InChI is InChI=1S/C17H27NO4S/c1-3-4-5-6-17(19)14-7-9-15(10-8-14)18-16(13-22-2)11-12-23(18,20)21/h7-10,16-17,19H,3-6,11-13H2,1-2H3. The van der Waals surface area contributed by atoms with E-state index in [1.807, 2.05) is 12.1 Å². The lowest BCUT2D eigenvalue weighted by atomic mass is 10.0. The SMILES string of the molecule is CCCCCC(O)c1ccc(N2C(COC)CCS2(=O)=O)cc1. The molecule has 0 aromatic heterocycles. The van der Waals surface area contributed by atoms with E-state index < -0.39 is 16.1 Å². The van der Waals surface area contributed by atoms with Crippen LogP contribution in [0.4, 0.5) is 5.69 Å². The van der Waals surface area contributed by atoms with E-state index in [9.17, 15) is 13.5 Å². The molecule has 1 N–H and O–H groups in total. The second kappa shape index (κ2) is 8.13. The first kappa shape index (κ1) is 18.2. The molecule has 1 aliphatic heterocycles.